The van der Waals surface area contributed by atoms with Gasteiger partial charge < -0.3 is 19.7 Å². The molecule has 0 aliphatic heterocycles. The molecule has 222 valence electrons. The van der Waals surface area contributed by atoms with E-state index < -0.39 is 0 Å². The van der Waals surface area contributed by atoms with Gasteiger partial charge in [-0.15, -0.1) is 0 Å². The molecule has 0 aromatic heterocycles. The molecule has 37 heavy (non-hydrogen) atoms. The van der Waals surface area contributed by atoms with Crippen LogP contribution in [0, 0.1) is 5.92 Å². The zero-order valence-corrected chi connectivity index (χ0v) is 25.3. The Morgan fingerprint density at radius 3 is 1.43 bits per heavy atom. The summed E-state index contributed by atoms with van der Waals surface area (Å²) in [4.78, 5) is 13.4. The van der Waals surface area contributed by atoms with Crippen molar-refractivity contribution in [2.45, 2.75) is 167 Å². The summed E-state index contributed by atoms with van der Waals surface area (Å²) >= 11 is 0. The van der Waals surface area contributed by atoms with Gasteiger partial charge in [0.25, 0.3) is 0 Å². The van der Waals surface area contributed by atoms with Crippen molar-refractivity contribution in [3.05, 3.63) is 0 Å². The molecule has 0 aliphatic carbocycles. The molecule has 0 saturated heterocycles. The van der Waals surface area contributed by atoms with E-state index in [0.29, 0.717) is 13.1 Å². The largest absolute Gasteiger partial charge is 0.392 e. The van der Waals surface area contributed by atoms with E-state index in [1.807, 2.05) is 0 Å². The van der Waals surface area contributed by atoms with Gasteiger partial charge in [0, 0.05) is 20.2 Å². The Labute approximate surface area is 231 Å². The van der Waals surface area contributed by atoms with Gasteiger partial charge in [0.05, 0.1) is 12.2 Å². The average molecular weight is 528 g/mol. The number of ether oxygens (including phenoxy) is 1. The third kappa shape index (κ3) is 23.1. The van der Waals surface area contributed by atoms with E-state index in [2.05, 4.69) is 25.7 Å². The summed E-state index contributed by atoms with van der Waals surface area (Å²) < 4.78 is 5.27. The van der Waals surface area contributed by atoms with Crippen molar-refractivity contribution in [2.75, 3.05) is 26.7 Å². The number of aliphatic hydroxyl groups excluding tert-OH is 2. The Hall–Kier alpha value is -0.490. The van der Waals surface area contributed by atoms with Crippen LogP contribution in [0.4, 0.5) is 0 Å². The van der Waals surface area contributed by atoms with Gasteiger partial charge in [0.1, 0.15) is 12.4 Å². The second-order valence-corrected chi connectivity index (χ2v) is 11.6. The number of aldehydes is 1. The highest BCUT2D eigenvalue weighted by Crippen LogP contribution is 2.16. The molecule has 0 aromatic rings. The highest BCUT2D eigenvalue weighted by atomic mass is 16.5. The summed E-state index contributed by atoms with van der Waals surface area (Å²) in [5.74, 6) is 0.175. The SMILES string of the molecule is CCCCCCCCCCC(O)CN(CCCC(C)C(C=O)OC)CC(O)CCCCCCCCCC. The van der Waals surface area contributed by atoms with Gasteiger partial charge in [-0.05, 0) is 38.1 Å². The number of nitrogens with zero attached hydrogens (tertiary/aromatic N) is 1. The minimum absolute atomic E-state index is 0.175. The lowest BCUT2D eigenvalue weighted by molar-refractivity contribution is -0.119. The molecule has 2 N–H and O–H groups in total. The smallest absolute Gasteiger partial charge is 0.149 e. The van der Waals surface area contributed by atoms with Crippen LogP contribution in [0.1, 0.15) is 149 Å². The van der Waals surface area contributed by atoms with Gasteiger partial charge in [0.15, 0.2) is 0 Å². The van der Waals surface area contributed by atoms with Crippen molar-refractivity contribution in [3.63, 3.8) is 0 Å². The normalized spacial score (nSPS) is 15.1. The third-order valence-corrected chi connectivity index (χ3v) is 7.82. The molecular weight excluding hydrogens is 462 g/mol. The molecule has 0 spiro atoms. The van der Waals surface area contributed by atoms with Crippen LogP contribution in [0.5, 0.6) is 0 Å². The number of aliphatic hydroxyl groups is 2. The summed E-state index contributed by atoms with van der Waals surface area (Å²) in [7, 11) is 1.59. The van der Waals surface area contributed by atoms with Crippen molar-refractivity contribution < 1.29 is 19.7 Å². The molecule has 0 radical (unpaired) electrons. The van der Waals surface area contributed by atoms with Gasteiger partial charge in [-0.3, -0.25) is 4.90 Å². The Bertz CT molecular complexity index is 448. The summed E-state index contributed by atoms with van der Waals surface area (Å²) in [6, 6.07) is 0. The summed E-state index contributed by atoms with van der Waals surface area (Å²) in [6.07, 6.45) is 23.8. The Kier molecular flexibility index (Phi) is 26.7. The lowest BCUT2D eigenvalue weighted by Gasteiger charge is -2.28. The molecule has 5 heteroatoms. The molecule has 0 aromatic carbocycles. The van der Waals surface area contributed by atoms with Crippen molar-refractivity contribution in [1.82, 2.24) is 4.90 Å². The van der Waals surface area contributed by atoms with Gasteiger partial charge in [-0.25, -0.2) is 0 Å². The molecule has 0 bridgehead atoms. The molecule has 0 amide bonds. The lowest BCUT2D eigenvalue weighted by Crippen LogP contribution is -2.39. The molecular formula is C32H65NO4. The van der Waals surface area contributed by atoms with Crippen molar-refractivity contribution in [3.8, 4) is 0 Å². The van der Waals surface area contributed by atoms with Crippen LogP contribution in [0.2, 0.25) is 0 Å². The predicted octanol–water partition coefficient (Wildman–Crippen LogP) is 7.70. The third-order valence-electron chi connectivity index (χ3n) is 7.82. The molecule has 0 heterocycles. The van der Waals surface area contributed by atoms with Crippen LogP contribution in [0.25, 0.3) is 0 Å². The minimum atomic E-state index is -0.353. The fourth-order valence-electron chi connectivity index (χ4n) is 5.29. The maximum atomic E-state index is 11.2. The van der Waals surface area contributed by atoms with Crippen LogP contribution >= 0.6 is 0 Å². The number of hydrogen-bond donors (Lipinski definition) is 2. The summed E-state index contributed by atoms with van der Waals surface area (Å²) in [5, 5.41) is 21.4. The summed E-state index contributed by atoms with van der Waals surface area (Å²) in [6.45, 7) is 8.65. The number of carbonyl (C=O) groups is 1. The molecule has 0 aliphatic rings. The number of rotatable bonds is 29. The topological polar surface area (TPSA) is 70.0 Å². The first-order valence-corrected chi connectivity index (χ1v) is 16.0. The minimum Gasteiger partial charge on any atom is -0.392 e. The van der Waals surface area contributed by atoms with Gasteiger partial charge in [0.2, 0.25) is 0 Å². The quantitative estimate of drug-likeness (QED) is 0.0770. The Morgan fingerprint density at radius 2 is 1.05 bits per heavy atom. The zero-order valence-electron chi connectivity index (χ0n) is 25.3. The molecule has 0 saturated carbocycles. The maximum absolute atomic E-state index is 11.2. The number of unbranched alkanes of at least 4 members (excludes halogenated alkanes) is 14. The molecule has 5 nitrogen and oxygen atoms in total. The first kappa shape index (κ1) is 36.5. The second-order valence-electron chi connectivity index (χ2n) is 11.6. The van der Waals surface area contributed by atoms with E-state index in [1.165, 1.54) is 89.9 Å². The zero-order chi connectivity index (χ0) is 27.6. The first-order chi connectivity index (χ1) is 18.0. The first-order valence-electron chi connectivity index (χ1n) is 16.0. The van der Waals surface area contributed by atoms with Gasteiger partial charge in [-0.1, -0.05) is 124 Å². The standard InChI is InChI=1S/C32H65NO4/c1-5-7-9-11-13-15-17-19-23-30(35)26-33(25-21-22-29(3)32(28-34)37-4)27-31(36)24-20-18-16-14-12-10-8-6-2/h28-32,35-36H,5-27H2,1-4H3. The van der Waals surface area contributed by atoms with E-state index in [9.17, 15) is 15.0 Å². The predicted molar refractivity (Wildman–Crippen MR) is 158 cm³/mol. The molecule has 0 fully saturated rings. The van der Waals surface area contributed by atoms with E-state index in [1.54, 1.807) is 7.11 Å². The average Bonchev–Trinajstić information content (AvgIpc) is 2.87. The molecule has 4 atom stereocenters. The van der Waals surface area contributed by atoms with Gasteiger partial charge >= 0.3 is 0 Å². The van der Waals surface area contributed by atoms with Crippen LogP contribution < -0.4 is 0 Å². The Morgan fingerprint density at radius 1 is 0.649 bits per heavy atom. The number of hydrogen-bond acceptors (Lipinski definition) is 5. The van der Waals surface area contributed by atoms with E-state index in [4.69, 9.17) is 4.74 Å². The van der Waals surface area contributed by atoms with E-state index >= 15 is 0 Å². The molecule has 0 rings (SSSR count). The fraction of sp³-hybridized carbons (Fsp3) is 0.969. The fourth-order valence-corrected chi connectivity index (χ4v) is 5.29. The second kappa shape index (κ2) is 27.1. The van der Waals surface area contributed by atoms with Crippen LogP contribution in [-0.4, -0.2) is 66.5 Å². The van der Waals surface area contributed by atoms with Crippen LogP contribution in [0.15, 0.2) is 0 Å². The van der Waals surface area contributed by atoms with Crippen molar-refractivity contribution in [2.24, 2.45) is 5.92 Å². The van der Waals surface area contributed by atoms with Crippen molar-refractivity contribution >= 4 is 6.29 Å². The highest BCUT2D eigenvalue weighted by Gasteiger charge is 2.19. The van der Waals surface area contributed by atoms with Crippen LogP contribution in [0.3, 0.4) is 0 Å². The Balaban J connectivity index is 4.39. The lowest BCUT2D eigenvalue weighted by atomic mass is 9.99. The highest BCUT2D eigenvalue weighted by molar-refractivity contribution is 5.56. The summed E-state index contributed by atoms with van der Waals surface area (Å²) in [5.41, 5.74) is 0. The van der Waals surface area contributed by atoms with Gasteiger partial charge in [-0.2, -0.15) is 0 Å². The van der Waals surface area contributed by atoms with Crippen LogP contribution in [-0.2, 0) is 9.53 Å². The monoisotopic (exact) mass is 527 g/mol. The van der Waals surface area contributed by atoms with E-state index in [0.717, 1.165) is 51.4 Å². The molecule has 4 unspecified atom stereocenters. The van der Waals surface area contributed by atoms with Crippen molar-refractivity contribution in [1.29, 1.82) is 0 Å². The number of carbonyl (C=O) groups excluding carboxylic acids is 1. The number of methoxy groups -OCH3 is 1. The maximum Gasteiger partial charge on any atom is 0.149 e. The van der Waals surface area contributed by atoms with E-state index in [-0.39, 0.29) is 24.2 Å².